The van der Waals surface area contributed by atoms with Gasteiger partial charge in [0.15, 0.2) is 11.5 Å². The fraction of sp³-hybridized carbons (Fsp3) is 0.286. The molecule has 1 aromatic carbocycles. The van der Waals surface area contributed by atoms with Crippen LogP contribution in [0.2, 0.25) is 25.7 Å². The topological polar surface area (TPSA) is 113 Å². The van der Waals surface area contributed by atoms with Crippen molar-refractivity contribution in [2.24, 2.45) is 0 Å². The van der Waals surface area contributed by atoms with Gasteiger partial charge < -0.3 is 9.47 Å². The number of pyridine rings is 1. The summed E-state index contributed by atoms with van der Waals surface area (Å²) in [5, 5.41) is 8.97. The molecule has 210 valence electrons. The first-order valence-electron chi connectivity index (χ1n) is 13.2. The molecule has 0 bridgehead atoms. The molecule has 6 rings (SSSR count). The minimum atomic E-state index is -1.14. The van der Waals surface area contributed by atoms with Gasteiger partial charge in [0.1, 0.15) is 37.3 Å². The van der Waals surface area contributed by atoms with Crippen molar-refractivity contribution in [2.45, 2.75) is 38.5 Å². The predicted octanol–water partition coefficient (Wildman–Crippen LogP) is 5.20. The molecule has 13 heteroatoms. The zero-order chi connectivity index (χ0) is 28.6. The number of rotatable bonds is 9. The van der Waals surface area contributed by atoms with Crippen LogP contribution in [0.25, 0.3) is 28.2 Å². The van der Waals surface area contributed by atoms with E-state index in [1.807, 2.05) is 24.3 Å². The summed E-state index contributed by atoms with van der Waals surface area (Å²) in [6, 6.07) is 12.9. The smallest absolute Gasteiger partial charge is 0.416 e. The number of carbonyl (C=O) groups excluding carboxylic acids is 1. The van der Waals surface area contributed by atoms with Gasteiger partial charge in [-0.3, -0.25) is 4.98 Å². The van der Waals surface area contributed by atoms with E-state index in [-0.39, 0.29) is 6.61 Å². The second-order valence-corrected chi connectivity index (χ2v) is 16.6. The Morgan fingerprint density at radius 1 is 1.05 bits per heavy atom. The lowest BCUT2D eigenvalue weighted by Crippen LogP contribution is -2.28. The predicted molar refractivity (Wildman–Crippen MR) is 152 cm³/mol. The molecule has 1 atom stereocenters. The molecule has 1 fully saturated rings. The number of hydrogen-bond donors (Lipinski definition) is 0. The van der Waals surface area contributed by atoms with Crippen molar-refractivity contribution in [3.05, 3.63) is 78.9 Å². The summed E-state index contributed by atoms with van der Waals surface area (Å²) < 4.78 is 27.8. The van der Waals surface area contributed by atoms with Crippen molar-refractivity contribution in [3.8, 4) is 22.5 Å². The molecule has 11 nitrogen and oxygen atoms in total. The molecule has 1 aliphatic heterocycles. The van der Waals surface area contributed by atoms with Gasteiger partial charge in [-0.1, -0.05) is 43.9 Å². The standard InChI is InChI=1S/C28H29FN8O3Si/c1-41(2,3)13-12-39-18-35-17-31-26(34-35)20-6-4-19(5-7-20)22-15-32-36-11-10-25(33-27(22)36)37-24(16-40-28(37)38)23-9-8-21(29)14-30-23/h4-11,14-15,17,24H,12-13,16,18H2,1-3H3. The number of ether oxygens (including phenoxy) is 2. The summed E-state index contributed by atoms with van der Waals surface area (Å²) in [7, 11) is -1.14. The molecule has 0 saturated carbocycles. The molecule has 5 aromatic rings. The van der Waals surface area contributed by atoms with Crippen LogP contribution in [0.15, 0.2) is 67.4 Å². The number of anilines is 1. The number of amides is 1. The van der Waals surface area contributed by atoms with E-state index in [4.69, 9.17) is 14.5 Å². The summed E-state index contributed by atoms with van der Waals surface area (Å²) >= 11 is 0. The maximum atomic E-state index is 13.4. The second-order valence-electron chi connectivity index (χ2n) is 11.0. The van der Waals surface area contributed by atoms with Crippen molar-refractivity contribution < 1.29 is 18.7 Å². The largest absolute Gasteiger partial charge is 0.446 e. The quantitative estimate of drug-likeness (QED) is 0.175. The van der Waals surface area contributed by atoms with Gasteiger partial charge >= 0.3 is 6.09 Å². The van der Waals surface area contributed by atoms with Crippen LogP contribution in [0.5, 0.6) is 0 Å². The Balaban J connectivity index is 1.21. The normalized spacial score (nSPS) is 15.6. The maximum absolute atomic E-state index is 13.4. The van der Waals surface area contributed by atoms with E-state index in [1.54, 1.807) is 40.1 Å². The molecule has 0 radical (unpaired) electrons. The van der Waals surface area contributed by atoms with Crippen LogP contribution >= 0.6 is 0 Å². The first-order valence-corrected chi connectivity index (χ1v) is 17.0. The van der Waals surface area contributed by atoms with E-state index in [9.17, 15) is 9.18 Å². The fourth-order valence-electron chi connectivity index (χ4n) is 4.50. The van der Waals surface area contributed by atoms with Crippen molar-refractivity contribution in [3.63, 3.8) is 0 Å². The van der Waals surface area contributed by atoms with Crippen molar-refractivity contribution in [1.82, 2.24) is 34.3 Å². The number of nitrogens with zero attached hydrogens (tertiary/aromatic N) is 8. The fourth-order valence-corrected chi connectivity index (χ4v) is 5.26. The maximum Gasteiger partial charge on any atom is 0.416 e. The SMILES string of the molecule is C[Si](C)(C)CCOCn1cnc(-c2ccc(-c3cnn4ccc(N5C(=O)OCC5c5ccc(F)cn5)nc34)cc2)n1. The van der Waals surface area contributed by atoms with Crippen LogP contribution < -0.4 is 4.90 Å². The number of halogens is 1. The van der Waals surface area contributed by atoms with Gasteiger partial charge in [0.2, 0.25) is 0 Å². The molecule has 1 unspecified atom stereocenters. The zero-order valence-electron chi connectivity index (χ0n) is 22.9. The van der Waals surface area contributed by atoms with Gasteiger partial charge in [0.25, 0.3) is 0 Å². The van der Waals surface area contributed by atoms with E-state index in [2.05, 4.69) is 39.8 Å². The summed E-state index contributed by atoms with van der Waals surface area (Å²) in [6.07, 6.45) is 5.71. The summed E-state index contributed by atoms with van der Waals surface area (Å²) in [6.45, 7) is 8.14. The molecular formula is C28H29FN8O3Si. The number of cyclic esters (lactones) is 1. The molecule has 1 aliphatic rings. The van der Waals surface area contributed by atoms with Gasteiger partial charge in [-0.05, 0) is 29.8 Å². The molecule has 0 N–H and O–H groups in total. The average molecular weight is 573 g/mol. The highest BCUT2D eigenvalue weighted by Gasteiger charge is 2.37. The van der Waals surface area contributed by atoms with E-state index in [1.165, 1.54) is 11.0 Å². The van der Waals surface area contributed by atoms with Crippen LogP contribution in [0.1, 0.15) is 11.7 Å². The lowest BCUT2D eigenvalue weighted by Gasteiger charge is -2.20. The Labute approximate surface area is 236 Å². The van der Waals surface area contributed by atoms with Crippen LogP contribution in [-0.2, 0) is 16.2 Å². The highest BCUT2D eigenvalue weighted by atomic mass is 28.3. The van der Waals surface area contributed by atoms with Crippen molar-refractivity contribution in [2.75, 3.05) is 18.1 Å². The summed E-state index contributed by atoms with van der Waals surface area (Å²) in [4.78, 5) is 27.4. The third kappa shape index (κ3) is 5.72. The highest BCUT2D eigenvalue weighted by molar-refractivity contribution is 6.76. The number of hydrogen-bond acceptors (Lipinski definition) is 8. The van der Waals surface area contributed by atoms with E-state index in [0.717, 1.165) is 35.5 Å². The lowest BCUT2D eigenvalue weighted by molar-refractivity contribution is 0.0785. The summed E-state index contributed by atoms with van der Waals surface area (Å²) in [5.41, 5.74) is 3.63. The molecule has 0 aliphatic carbocycles. The van der Waals surface area contributed by atoms with Crippen LogP contribution in [0, 0.1) is 5.82 Å². The van der Waals surface area contributed by atoms with Gasteiger partial charge in [-0.25, -0.2) is 33.3 Å². The average Bonchev–Trinajstić information content (AvgIpc) is 3.69. The van der Waals surface area contributed by atoms with Gasteiger partial charge in [-0.2, -0.15) is 5.10 Å². The Hall–Kier alpha value is -4.49. The molecule has 5 heterocycles. The molecule has 1 amide bonds. The Morgan fingerprint density at radius 3 is 2.61 bits per heavy atom. The first-order chi connectivity index (χ1) is 19.7. The minimum Gasteiger partial charge on any atom is -0.446 e. The van der Waals surface area contributed by atoms with Gasteiger partial charge in [-0.15, -0.1) is 5.10 Å². The third-order valence-corrected chi connectivity index (χ3v) is 8.48. The molecule has 4 aromatic heterocycles. The molecule has 41 heavy (non-hydrogen) atoms. The van der Waals surface area contributed by atoms with Crippen molar-refractivity contribution >= 4 is 25.6 Å². The van der Waals surface area contributed by atoms with E-state index >= 15 is 0 Å². The highest BCUT2D eigenvalue weighted by Crippen LogP contribution is 2.33. The van der Waals surface area contributed by atoms with E-state index in [0.29, 0.717) is 29.7 Å². The summed E-state index contributed by atoms with van der Waals surface area (Å²) in [5.74, 6) is 0.543. The lowest BCUT2D eigenvalue weighted by atomic mass is 10.1. The molecule has 0 spiro atoms. The third-order valence-electron chi connectivity index (χ3n) is 6.78. The van der Waals surface area contributed by atoms with E-state index < -0.39 is 26.0 Å². The van der Waals surface area contributed by atoms with Crippen molar-refractivity contribution in [1.29, 1.82) is 0 Å². The zero-order valence-corrected chi connectivity index (χ0v) is 23.9. The second kappa shape index (κ2) is 10.8. The molecular weight excluding hydrogens is 543 g/mol. The Morgan fingerprint density at radius 2 is 1.85 bits per heavy atom. The number of carbonyl (C=O) groups is 1. The minimum absolute atomic E-state index is 0.0896. The Kier molecular flexibility index (Phi) is 7.05. The van der Waals surface area contributed by atoms with Crippen LogP contribution in [0.4, 0.5) is 15.0 Å². The Bertz CT molecular complexity index is 1680. The number of aromatic nitrogens is 7. The number of fused-ring (bicyclic) bond motifs is 1. The first kappa shape index (κ1) is 26.7. The number of benzene rings is 1. The van der Waals surface area contributed by atoms with Gasteiger partial charge in [0, 0.05) is 32.0 Å². The van der Waals surface area contributed by atoms with Crippen LogP contribution in [-0.4, -0.2) is 61.7 Å². The van der Waals surface area contributed by atoms with Crippen LogP contribution in [0.3, 0.4) is 0 Å². The molecule has 1 saturated heterocycles. The van der Waals surface area contributed by atoms with Gasteiger partial charge in [0.05, 0.1) is 18.1 Å². The monoisotopic (exact) mass is 572 g/mol.